The lowest BCUT2D eigenvalue weighted by Crippen LogP contribution is -2.31. The van der Waals surface area contributed by atoms with Crippen LogP contribution in [-0.2, 0) is 0 Å². The normalized spacial score (nSPS) is 33.8. The van der Waals surface area contributed by atoms with Crippen molar-refractivity contribution in [3.63, 3.8) is 0 Å². The van der Waals surface area contributed by atoms with E-state index in [0.29, 0.717) is 5.92 Å². The molecule has 1 aliphatic heterocycles. The molecule has 17 heavy (non-hydrogen) atoms. The van der Waals surface area contributed by atoms with Crippen LogP contribution < -0.4 is 5.32 Å². The standard InChI is InChI=1S/C14H21N3/c1-3-15-4-2-12-5-11(1)6-13(7-12)14-8-16-10-17-9-14/h8-13,15H,1-7H2. The number of nitrogens with zero attached hydrogens (tertiary/aromatic N) is 2. The second kappa shape index (κ2) is 5.13. The zero-order valence-corrected chi connectivity index (χ0v) is 10.3. The van der Waals surface area contributed by atoms with Crippen molar-refractivity contribution >= 4 is 0 Å². The van der Waals surface area contributed by atoms with E-state index in [1.54, 1.807) is 6.33 Å². The molecule has 3 rings (SSSR count). The second-order valence-corrected chi connectivity index (χ2v) is 5.64. The van der Waals surface area contributed by atoms with Crippen molar-refractivity contribution in [1.82, 2.24) is 15.3 Å². The van der Waals surface area contributed by atoms with Gasteiger partial charge in [-0.15, -0.1) is 0 Å². The van der Waals surface area contributed by atoms with E-state index in [0.717, 1.165) is 11.8 Å². The molecular weight excluding hydrogens is 210 g/mol. The first-order valence-electron chi connectivity index (χ1n) is 6.87. The van der Waals surface area contributed by atoms with Crippen molar-refractivity contribution in [1.29, 1.82) is 0 Å². The minimum atomic E-state index is 0.707. The highest BCUT2D eigenvalue weighted by molar-refractivity contribution is 5.12. The first-order chi connectivity index (χ1) is 8.42. The van der Waals surface area contributed by atoms with Crippen LogP contribution in [0.15, 0.2) is 18.7 Å². The van der Waals surface area contributed by atoms with E-state index in [1.807, 2.05) is 12.4 Å². The highest BCUT2D eigenvalue weighted by Crippen LogP contribution is 2.41. The smallest absolute Gasteiger partial charge is 0.115 e. The van der Waals surface area contributed by atoms with Crippen LogP contribution in [-0.4, -0.2) is 23.1 Å². The first-order valence-corrected chi connectivity index (χ1v) is 6.87. The largest absolute Gasteiger partial charge is 0.317 e. The first kappa shape index (κ1) is 11.1. The maximum absolute atomic E-state index is 4.17. The Morgan fingerprint density at radius 3 is 2.24 bits per heavy atom. The quantitative estimate of drug-likeness (QED) is 0.806. The fourth-order valence-corrected chi connectivity index (χ4v) is 3.57. The predicted molar refractivity (Wildman–Crippen MR) is 67.7 cm³/mol. The van der Waals surface area contributed by atoms with E-state index in [1.165, 1.54) is 50.8 Å². The lowest BCUT2D eigenvalue weighted by Gasteiger charge is -2.37. The van der Waals surface area contributed by atoms with E-state index >= 15 is 0 Å². The van der Waals surface area contributed by atoms with Crippen LogP contribution in [0.1, 0.15) is 43.6 Å². The molecule has 2 bridgehead atoms. The molecule has 3 nitrogen and oxygen atoms in total. The lowest BCUT2D eigenvalue weighted by atomic mass is 9.70. The van der Waals surface area contributed by atoms with Gasteiger partial charge < -0.3 is 5.32 Å². The van der Waals surface area contributed by atoms with Crippen molar-refractivity contribution < 1.29 is 0 Å². The zero-order chi connectivity index (χ0) is 11.5. The summed E-state index contributed by atoms with van der Waals surface area (Å²) in [4.78, 5) is 8.34. The average Bonchev–Trinajstić information content (AvgIpc) is 2.37. The molecule has 1 aromatic rings. The van der Waals surface area contributed by atoms with Crippen LogP contribution in [0, 0.1) is 11.8 Å². The Hall–Kier alpha value is -0.960. The van der Waals surface area contributed by atoms with Gasteiger partial charge in [0.25, 0.3) is 0 Å². The Balaban J connectivity index is 1.74. The van der Waals surface area contributed by atoms with Crippen molar-refractivity contribution in [3.8, 4) is 0 Å². The van der Waals surface area contributed by atoms with E-state index in [2.05, 4.69) is 15.3 Å². The summed E-state index contributed by atoms with van der Waals surface area (Å²) in [7, 11) is 0. The van der Waals surface area contributed by atoms with Crippen molar-refractivity contribution in [3.05, 3.63) is 24.3 Å². The highest BCUT2D eigenvalue weighted by atomic mass is 14.9. The molecule has 2 atom stereocenters. The molecular formula is C14H21N3. The van der Waals surface area contributed by atoms with Gasteiger partial charge in [0, 0.05) is 12.4 Å². The summed E-state index contributed by atoms with van der Waals surface area (Å²) in [5.41, 5.74) is 1.36. The molecule has 2 fully saturated rings. The molecule has 92 valence electrons. The minimum Gasteiger partial charge on any atom is -0.317 e. The van der Waals surface area contributed by atoms with Crippen LogP contribution in [0.3, 0.4) is 0 Å². The number of hydrogen-bond acceptors (Lipinski definition) is 3. The Kier molecular flexibility index (Phi) is 3.36. The highest BCUT2D eigenvalue weighted by Gasteiger charge is 2.30. The molecule has 3 heteroatoms. The molecule has 1 saturated heterocycles. The average molecular weight is 231 g/mol. The van der Waals surface area contributed by atoms with Crippen LogP contribution in [0.5, 0.6) is 0 Å². The summed E-state index contributed by atoms with van der Waals surface area (Å²) in [5, 5.41) is 3.55. The van der Waals surface area contributed by atoms with Gasteiger partial charge in [0.05, 0.1) is 0 Å². The van der Waals surface area contributed by atoms with Gasteiger partial charge in [-0.05, 0) is 68.5 Å². The van der Waals surface area contributed by atoms with Crippen molar-refractivity contribution in [2.24, 2.45) is 11.8 Å². The summed E-state index contributed by atoms with van der Waals surface area (Å²) >= 11 is 0. The molecule has 0 spiro atoms. The number of aromatic nitrogens is 2. The molecule has 0 aromatic carbocycles. The number of fused-ring (bicyclic) bond motifs is 2. The number of hydrogen-bond donors (Lipinski definition) is 1. The van der Waals surface area contributed by atoms with Gasteiger partial charge in [-0.25, -0.2) is 9.97 Å². The molecule has 1 aromatic heterocycles. The Morgan fingerprint density at radius 2 is 1.59 bits per heavy atom. The number of rotatable bonds is 1. The zero-order valence-electron chi connectivity index (χ0n) is 10.3. The summed E-state index contributed by atoms with van der Waals surface area (Å²) in [6.45, 7) is 2.41. The summed E-state index contributed by atoms with van der Waals surface area (Å²) in [6.07, 6.45) is 12.5. The molecule has 1 aliphatic carbocycles. The molecule has 2 aliphatic rings. The van der Waals surface area contributed by atoms with Crippen LogP contribution >= 0.6 is 0 Å². The topological polar surface area (TPSA) is 37.8 Å². The van der Waals surface area contributed by atoms with E-state index < -0.39 is 0 Å². The Bertz CT molecular complexity index is 338. The molecule has 1 N–H and O–H groups in total. The van der Waals surface area contributed by atoms with Gasteiger partial charge in [0.2, 0.25) is 0 Å². The summed E-state index contributed by atoms with van der Waals surface area (Å²) < 4.78 is 0. The Labute approximate surface area is 103 Å². The second-order valence-electron chi connectivity index (χ2n) is 5.64. The third-order valence-electron chi connectivity index (χ3n) is 4.41. The monoisotopic (exact) mass is 231 g/mol. The maximum Gasteiger partial charge on any atom is 0.115 e. The third kappa shape index (κ3) is 2.65. The molecule has 2 unspecified atom stereocenters. The maximum atomic E-state index is 4.17. The fraction of sp³-hybridized carbons (Fsp3) is 0.714. The lowest BCUT2D eigenvalue weighted by molar-refractivity contribution is 0.201. The van der Waals surface area contributed by atoms with Crippen molar-refractivity contribution in [2.45, 2.75) is 38.0 Å². The Morgan fingerprint density at radius 1 is 0.941 bits per heavy atom. The molecule has 0 radical (unpaired) electrons. The van der Waals surface area contributed by atoms with Crippen molar-refractivity contribution in [2.75, 3.05) is 13.1 Å². The van der Waals surface area contributed by atoms with Gasteiger partial charge in [0.15, 0.2) is 0 Å². The third-order valence-corrected chi connectivity index (χ3v) is 4.41. The van der Waals surface area contributed by atoms with E-state index in [9.17, 15) is 0 Å². The van der Waals surface area contributed by atoms with Gasteiger partial charge >= 0.3 is 0 Å². The van der Waals surface area contributed by atoms with Gasteiger partial charge in [0.1, 0.15) is 6.33 Å². The predicted octanol–water partition coefficient (Wildman–Crippen LogP) is 2.36. The van der Waals surface area contributed by atoms with E-state index in [-0.39, 0.29) is 0 Å². The van der Waals surface area contributed by atoms with Crippen LogP contribution in [0.2, 0.25) is 0 Å². The number of nitrogens with one attached hydrogen (secondary N) is 1. The molecule has 2 heterocycles. The summed E-state index contributed by atoms with van der Waals surface area (Å²) in [6, 6.07) is 0. The molecule has 1 saturated carbocycles. The molecule has 0 amide bonds. The summed E-state index contributed by atoms with van der Waals surface area (Å²) in [5.74, 6) is 2.52. The SMILES string of the molecule is c1ncc(C2CC3CCNCCC(C3)C2)cn1. The van der Waals surface area contributed by atoms with Crippen LogP contribution in [0.4, 0.5) is 0 Å². The van der Waals surface area contributed by atoms with Crippen LogP contribution in [0.25, 0.3) is 0 Å². The minimum absolute atomic E-state index is 0.707. The van der Waals surface area contributed by atoms with E-state index in [4.69, 9.17) is 0 Å². The fourth-order valence-electron chi connectivity index (χ4n) is 3.57. The van der Waals surface area contributed by atoms with Gasteiger partial charge in [-0.2, -0.15) is 0 Å². The van der Waals surface area contributed by atoms with Gasteiger partial charge in [-0.3, -0.25) is 0 Å². The van der Waals surface area contributed by atoms with Gasteiger partial charge in [-0.1, -0.05) is 0 Å².